The van der Waals surface area contributed by atoms with Gasteiger partial charge in [-0.15, -0.1) is 6.58 Å². The van der Waals surface area contributed by atoms with Gasteiger partial charge in [0.15, 0.2) is 10.8 Å². The van der Waals surface area contributed by atoms with Crippen molar-refractivity contribution < 1.29 is 4.79 Å². The van der Waals surface area contributed by atoms with Crippen LogP contribution in [0.5, 0.6) is 0 Å². The maximum atomic E-state index is 13.0. The molecule has 1 amide bonds. The number of rotatable bonds is 10. The average Bonchev–Trinajstić information content (AvgIpc) is 3.22. The highest BCUT2D eigenvalue weighted by Gasteiger charge is 2.20. The minimum atomic E-state index is -0.577. The summed E-state index contributed by atoms with van der Waals surface area (Å²) < 4.78 is 2.70. The highest BCUT2D eigenvalue weighted by Crippen LogP contribution is 2.25. The molecular weight excluding hydrogens is 450 g/mol. The van der Waals surface area contributed by atoms with Crippen molar-refractivity contribution in [3.63, 3.8) is 0 Å². The molecule has 0 aliphatic heterocycles. The second-order valence-corrected chi connectivity index (χ2v) is 8.53. The van der Waals surface area contributed by atoms with Crippen LogP contribution in [0.4, 0.5) is 5.13 Å². The minimum Gasteiger partial charge on any atom is -0.354 e. The van der Waals surface area contributed by atoms with Crippen LogP contribution < -0.4 is 21.5 Å². The molecule has 0 radical (unpaired) electrons. The summed E-state index contributed by atoms with van der Waals surface area (Å²) in [6, 6.07) is 7.40. The standard InChI is InChI=1S/C22H26ClN5O3S/c1-4-13-27-20(30)18-19(25-21(32-18)26(5-2)6-3)28(22(27)31)14-17(29)24-12-11-15-7-9-16(23)10-8-15/h4,7-10H,1,5-6,11-14H2,2-3H3,(H,24,29). The number of nitrogens with one attached hydrogen (secondary N) is 1. The molecule has 170 valence electrons. The Morgan fingerprint density at radius 1 is 1.22 bits per heavy atom. The van der Waals surface area contributed by atoms with E-state index in [0.717, 1.165) is 10.1 Å². The second-order valence-electron chi connectivity index (χ2n) is 7.12. The van der Waals surface area contributed by atoms with E-state index in [0.29, 0.717) is 40.9 Å². The summed E-state index contributed by atoms with van der Waals surface area (Å²) in [4.78, 5) is 45.1. The summed E-state index contributed by atoms with van der Waals surface area (Å²) >= 11 is 7.13. The fourth-order valence-corrected chi connectivity index (χ4v) is 4.60. The van der Waals surface area contributed by atoms with E-state index in [1.165, 1.54) is 22.0 Å². The van der Waals surface area contributed by atoms with Gasteiger partial charge in [0.1, 0.15) is 11.2 Å². The number of amides is 1. The van der Waals surface area contributed by atoms with Crippen LogP contribution in [0.25, 0.3) is 10.3 Å². The number of hydrogen-bond donors (Lipinski definition) is 1. The number of carbonyl (C=O) groups is 1. The SMILES string of the molecule is C=CCn1c(=O)c2sc(N(CC)CC)nc2n(CC(=O)NCCc2ccc(Cl)cc2)c1=O. The molecule has 2 heterocycles. The summed E-state index contributed by atoms with van der Waals surface area (Å²) in [5, 5.41) is 4.13. The number of allylic oxidation sites excluding steroid dienone is 1. The van der Waals surface area contributed by atoms with E-state index in [9.17, 15) is 14.4 Å². The van der Waals surface area contributed by atoms with Crippen molar-refractivity contribution in [3.05, 3.63) is 68.3 Å². The van der Waals surface area contributed by atoms with Crippen LogP contribution in [0.3, 0.4) is 0 Å². The second kappa shape index (κ2) is 10.6. The van der Waals surface area contributed by atoms with Crippen molar-refractivity contribution in [3.8, 4) is 0 Å². The Morgan fingerprint density at radius 3 is 2.53 bits per heavy atom. The van der Waals surface area contributed by atoms with Gasteiger partial charge in [0, 0.05) is 31.2 Å². The monoisotopic (exact) mass is 475 g/mol. The first-order valence-corrected chi connectivity index (χ1v) is 11.6. The number of aromatic nitrogens is 3. The number of fused-ring (bicyclic) bond motifs is 1. The molecule has 1 aromatic carbocycles. The first-order chi connectivity index (χ1) is 15.4. The Kier molecular flexibility index (Phi) is 7.87. The normalized spacial score (nSPS) is 11.0. The Hall–Kier alpha value is -2.91. The van der Waals surface area contributed by atoms with Crippen molar-refractivity contribution in [2.45, 2.75) is 33.4 Å². The van der Waals surface area contributed by atoms with E-state index in [-0.39, 0.29) is 24.6 Å². The zero-order chi connectivity index (χ0) is 23.3. The summed E-state index contributed by atoms with van der Waals surface area (Å²) in [6.07, 6.45) is 2.11. The average molecular weight is 476 g/mol. The maximum absolute atomic E-state index is 13.0. The number of benzene rings is 1. The van der Waals surface area contributed by atoms with Crippen LogP contribution in [0.15, 0.2) is 46.5 Å². The van der Waals surface area contributed by atoms with Gasteiger partial charge < -0.3 is 10.2 Å². The van der Waals surface area contributed by atoms with Crippen molar-refractivity contribution in [2.24, 2.45) is 0 Å². The number of thiazole rings is 1. The number of nitrogens with zero attached hydrogens (tertiary/aromatic N) is 4. The smallest absolute Gasteiger partial charge is 0.333 e. The van der Waals surface area contributed by atoms with Crippen LogP contribution in [-0.4, -0.2) is 39.7 Å². The lowest BCUT2D eigenvalue weighted by Crippen LogP contribution is -2.42. The largest absolute Gasteiger partial charge is 0.354 e. The molecule has 10 heteroatoms. The van der Waals surface area contributed by atoms with Gasteiger partial charge in [0.2, 0.25) is 5.91 Å². The van der Waals surface area contributed by atoms with Gasteiger partial charge in [-0.3, -0.25) is 18.7 Å². The molecule has 0 fully saturated rings. The third-order valence-corrected chi connectivity index (χ3v) is 6.40. The molecular formula is C22H26ClN5O3S. The molecule has 0 saturated heterocycles. The van der Waals surface area contributed by atoms with Crippen LogP contribution in [0.2, 0.25) is 5.02 Å². The van der Waals surface area contributed by atoms with Gasteiger partial charge >= 0.3 is 5.69 Å². The summed E-state index contributed by atoms with van der Waals surface area (Å²) in [5.41, 5.74) is 0.282. The molecule has 8 nitrogen and oxygen atoms in total. The van der Waals surface area contributed by atoms with E-state index in [1.807, 2.05) is 30.9 Å². The molecule has 3 rings (SSSR count). The molecule has 0 spiro atoms. The van der Waals surface area contributed by atoms with Gasteiger partial charge in [-0.05, 0) is 38.0 Å². The molecule has 32 heavy (non-hydrogen) atoms. The summed E-state index contributed by atoms with van der Waals surface area (Å²) in [7, 11) is 0. The lowest BCUT2D eigenvalue weighted by atomic mass is 10.1. The van der Waals surface area contributed by atoms with Crippen LogP contribution in [-0.2, 0) is 24.3 Å². The zero-order valence-corrected chi connectivity index (χ0v) is 19.7. The van der Waals surface area contributed by atoms with Crippen molar-refractivity contribution in [1.82, 2.24) is 19.4 Å². The third-order valence-electron chi connectivity index (χ3n) is 5.05. The quantitative estimate of drug-likeness (QED) is 0.455. The number of anilines is 1. The molecule has 0 unspecified atom stereocenters. The van der Waals surface area contributed by atoms with Crippen LogP contribution in [0, 0.1) is 0 Å². The molecule has 0 aliphatic carbocycles. The Labute approximate surface area is 194 Å². The van der Waals surface area contributed by atoms with Gasteiger partial charge in [-0.25, -0.2) is 9.78 Å². The zero-order valence-electron chi connectivity index (χ0n) is 18.1. The number of hydrogen-bond acceptors (Lipinski definition) is 6. The molecule has 0 atom stereocenters. The molecule has 0 aliphatic rings. The maximum Gasteiger partial charge on any atom is 0.333 e. The Morgan fingerprint density at radius 2 is 1.91 bits per heavy atom. The molecule has 0 saturated carbocycles. The van der Waals surface area contributed by atoms with Crippen molar-refractivity contribution in [1.29, 1.82) is 0 Å². The fraction of sp³-hybridized carbons (Fsp3) is 0.364. The Bertz CT molecular complexity index is 1230. The van der Waals surface area contributed by atoms with E-state index in [2.05, 4.69) is 16.9 Å². The molecule has 0 bridgehead atoms. The lowest BCUT2D eigenvalue weighted by Gasteiger charge is -2.16. The number of carbonyl (C=O) groups excluding carboxylic acids is 1. The van der Waals surface area contributed by atoms with E-state index in [1.54, 1.807) is 12.1 Å². The first kappa shape index (κ1) is 23.7. The predicted octanol–water partition coefficient (Wildman–Crippen LogP) is 2.66. The summed E-state index contributed by atoms with van der Waals surface area (Å²) in [6.45, 7) is 9.28. The highest BCUT2D eigenvalue weighted by molar-refractivity contribution is 7.22. The van der Waals surface area contributed by atoms with E-state index in [4.69, 9.17) is 11.6 Å². The van der Waals surface area contributed by atoms with Gasteiger partial charge in [-0.2, -0.15) is 0 Å². The van der Waals surface area contributed by atoms with Gasteiger partial charge in [-0.1, -0.05) is 41.1 Å². The van der Waals surface area contributed by atoms with E-state index >= 15 is 0 Å². The Balaban J connectivity index is 1.88. The van der Waals surface area contributed by atoms with Crippen LogP contribution in [0.1, 0.15) is 19.4 Å². The van der Waals surface area contributed by atoms with Crippen LogP contribution >= 0.6 is 22.9 Å². The topological polar surface area (TPSA) is 89.2 Å². The van der Waals surface area contributed by atoms with Gasteiger partial charge in [0.25, 0.3) is 5.56 Å². The highest BCUT2D eigenvalue weighted by atomic mass is 35.5. The van der Waals surface area contributed by atoms with Crippen molar-refractivity contribution >= 4 is 44.3 Å². The fourth-order valence-electron chi connectivity index (χ4n) is 3.33. The predicted molar refractivity (Wildman–Crippen MR) is 130 cm³/mol. The van der Waals surface area contributed by atoms with Gasteiger partial charge in [0.05, 0.1) is 0 Å². The molecule has 2 aromatic heterocycles. The van der Waals surface area contributed by atoms with Crippen molar-refractivity contribution in [2.75, 3.05) is 24.5 Å². The third kappa shape index (κ3) is 5.11. The number of halogens is 1. The molecule has 1 N–H and O–H groups in total. The first-order valence-electron chi connectivity index (χ1n) is 10.4. The summed E-state index contributed by atoms with van der Waals surface area (Å²) in [5.74, 6) is -0.330. The molecule has 3 aromatic rings. The van der Waals surface area contributed by atoms with E-state index < -0.39 is 11.2 Å². The minimum absolute atomic E-state index is 0.0598. The lowest BCUT2D eigenvalue weighted by molar-refractivity contribution is -0.121.